The van der Waals surface area contributed by atoms with Crippen LogP contribution >= 0.6 is 0 Å². The topological polar surface area (TPSA) is 67.9 Å². The molecule has 0 saturated carbocycles. The lowest BCUT2D eigenvalue weighted by Crippen LogP contribution is -2.51. The highest BCUT2D eigenvalue weighted by molar-refractivity contribution is 5.98. The van der Waals surface area contributed by atoms with Gasteiger partial charge in [-0.05, 0) is 49.2 Å². The number of hydrogen-bond donors (Lipinski definition) is 1. The molecule has 1 aliphatic heterocycles. The number of hydrogen-bond acceptors (Lipinski definition) is 4. The van der Waals surface area contributed by atoms with Crippen molar-refractivity contribution in [2.45, 2.75) is 20.0 Å². The van der Waals surface area contributed by atoms with Crippen LogP contribution in [0, 0.1) is 13.8 Å². The molecule has 1 atom stereocenters. The van der Waals surface area contributed by atoms with Gasteiger partial charge in [0.05, 0.1) is 12.2 Å². The molecule has 6 nitrogen and oxygen atoms in total. The maximum absolute atomic E-state index is 12.8. The van der Waals surface area contributed by atoms with Crippen LogP contribution in [0.5, 0.6) is 11.5 Å². The summed E-state index contributed by atoms with van der Waals surface area (Å²) in [5, 5.41) is 2.56. The van der Waals surface area contributed by atoms with E-state index in [0.717, 1.165) is 5.56 Å². The van der Waals surface area contributed by atoms with Crippen molar-refractivity contribution in [2.24, 2.45) is 0 Å². The average molecular weight is 354 g/mol. The molecular weight excluding hydrogens is 332 g/mol. The lowest BCUT2D eigenvalue weighted by atomic mass is 10.1. The zero-order valence-corrected chi connectivity index (χ0v) is 15.1. The van der Waals surface area contributed by atoms with Crippen LogP contribution in [0.4, 0.5) is 5.69 Å². The van der Waals surface area contributed by atoms with Gasteiger partial charge in [0.1, 0.15) is 11.5 Å². The van der Waals surface area contributed by atoms with E-state index < -0.39 is 6.10 Å². The Morgan fingerprint density at radius 3 is 2.69 bits per heavy atom. The number of carbonyl (C=O) groups excluding carboxylic acids is 2. The zero-order chi connectivity index (χ0) is 18.7. The molecule has 1 heterocycles. The van der Waals surface area contributed by atoms with Crippen molar-refractivity contribution >= 4 is 17.5 Å². The van der Waals surface area contributed by atoms with Crippen LogP contribution in [-0.4, -0.2) is 38.1 Å². The molecule has 136 valence electrons. The highest BCUT2D eigenvalue weighted by Gasteiger charge is 2.33. The summed E-state index contributed by atoms with van der Waals surface area (Å²) in [6.07, 6.45) is -0.750. The number of nitrogens with zero attached hydrogens (tertiary/aromatic N) is 1. The van der Waals surface area contributed by atoms with E-state index >= 15 is 0 Å². The van der Waals surface area contributed by atoms with Crippen LogP contribution in [0.2, 0.25) is 0 Å². The maximum atomic E-state index is 12.8. The molecule has 0 aromatic heterocycles. The number of anilines is 1. The summed E-state index contributed by atoms with van der Waals surface area (Å²) < 4.78 is 11.4. The molecular formula is C20H22N2O4. The Morgan fingerprint density at radius 1 is 1.19 bits per heavy atom. The summed E-state index contributed by atoms with van der Waals surface area (Å²) in [6, 6.07) is 12.9. The van der Waals surface area contributed by atoms with Gasteiger partial charge in [-0.1, -0.05) is 18.2 Å². The van der Waals surface area contributed by atoms with Crippen LogP contribution in [0.1, 0.15) is 11.1 Å². The van der Waals surface area contributed by atoms with Crippen molar-refractivity contribution in [1.82, 2.24) is 5.32 Å². The molecule has 1 unspecified atom stereocenters. The monoisotopic (exact) mass is 354 g/mol. The number of amides is 2. The first-order valence-corrected chi connectivity index (χ1v) is 8.47. The van der Waals surface area contributed by atoms with Gasteiger partial charge in [-0.2, -0.15) is 0 Å². The van der Waals surface area contributed by atoms with E-state index in [2.05, 4.69) is 5.32 Å². The molecule has 26 heavy (non-hydrogen) atoms. The SMILES string of the molecule is CNC(=O)C1CN(C(=O)COc2ccc(C)c(C)c2)c2ccccc2O1. The summed E-state index contributed by atoms with van der Waals surface area (Å²) in [6.45, 7) is 4.05. The fourth-order valence-electron chi connectivity index (χ4n) is 2.79. The van der Waals surface area contributed by atoms with Gasteiger partial charge in [0, 0.05) is 7.05 Å². The molecule has 0 saturated heterocycles. The van der Waals surface area contributed by atoms with E-state index in [1.54, 1.807) is 30.1 Å². The van der Waals surface area contributed by atoms with Gasteiger partial charge in [0.15, 0.2) is 12.7 Å². The average Bonchev–Trinajstić information content (AvgIpc) is 2.67. The minimum Gasteiger partial charge on any atom is -0.484 e. The Hall–Kier alpha value is -3.02. The largest absolute Gasteiger partial charge is 0.484 e. The molecule has 1 N–H and O–H groups in total. The third kappa shape index (κ3) is 3.64. The lowest BCUT2D eigenvalue weighted by molar-refractivity contribution is -0.128. The minimum absolute atomic E-state index is 0.114. The number of fused-ring (bicyclic) bond motifs is 1. The molecule has 0 radical (unpaired) electrons. The van der Waals surface area contributed by atoms with E-state index in [1.165, 1.54) is 5.56 Å². The highest BCUT2D eigenvalue weighted by atomic mass is 16.5. The summed E-state index contributed by atoms with van der Waals surface area (Å²) in [7, 11) is 1.54. The van der Waals surface area contributed by atoms with Gasteiger partial charge >= 0.3 is 0 Å². The third-order valence-electron chi connectivity index (χ3n) is 4.45. The Morgan fingerprint density at radius 2 is 1.96 bits per heavy atom. The van der Waals surface area contributed by atoms with Gasteiger partial charge in [0.25, 0.3) is 11.8 Å². The predicted octanol–water partition coefficient (Wildman–Crippen LogP) is 2.22. The summed E-state index contributed by atoms with van der Waals surface area (Å²) in [5.74, 6) is 0.651. The molecule has 6 heteroatoms. The van der Waals surface area contributed by atoms with Crippen LogP contribution in [0.25, 0.3) is 0 Å². The number of benzene rings is 2. The van der Waals surface area contributed by atoms with Crippen LogP contribution in [0.15, 0.2) is 42.5 Å². The van der Waals surface area contributed by atoms with Gasteiger partial charge in [-0.15, -0.1) is 0 Å². The first kappa shape index (κ1) is 17.8. The number of para-hydroxylation sites is 2. The first-order valence-electron chi connectivity index (χ1n) is 8.47. The Kier molecular flexibility index (Phi) is 5.11. The molecule has 2 amide bonds. The zero-order valence-electron chi connectivity index (χ0n) is 15.1. The van der Waals surface area contributed by atoms with Gasteiger partial charge < -0.3 is 19.7 Å². The van der Waals surface area contributed by atoms with Crippen molar-refractivity contribution in [2.75, 3.05) is 25.1 Å². The third-order valence-corrected chi connectivity index (χ3v) is 4.45. The van der Waals surface area contributed by atoms with E-state index in [4.69, 9.17) is 9.47 Å². The van der Waals surface area contributed by atoms with E-state index in [0.29, 0.717) is 17.2 Å². The van der Waals surface area contributed by atoms with E-state index in [9.17, 15) is 9.59 Å². The Labute approximate surface area is 152 Å². The molecule has 0 fully saturated rings. The molecule has 2 aromatic carbocycles. The molecule has 2 aromatic rings. The van der Waals surface area contributed by atoms with Crippen molar-refractivity contribution in [3.8, 4) is 11.5 Å². The fourth-order valence-corrected chi connectivity index (χ4v) is 2.79. The second-order valence-electron chi connectivity index (χ2n) is 6.23. The number of ether oxygens (including phenoxy) is 2. The number of likely N-dealkylation sites (N-methyl/N-ethyl adjacent to an activating group) is 1. The normalized spacial score (nSPS) is 15.7. The van der Waals surface area contributed by atoms with Crippen molar-refractivity contribution < 1.29 is 19.1 Å². The Bertz CT molecular complexity index is 834. The van der Waals surface area contributed by atoms with Gasteiger partial charge in [-0.3, -0.25) is 9.59 Å². The van der Waals surface area contributed by atoms with Gasteiger partial charge in [-0.25, -0.2) is 0 Å². The number of carbonyl (C=O) groups is 2. The molecule has 1 aliphatic rings. The first-order chi connectivity index (χ1) is 12.5. The van der Waals surface area contributed by atoms with Gasteiger partial charge in [0.2, 0.25) is 0 Å². The predicted molar refractivity (Wildman–Crippen MR) is 98.7 cm³/mol. The summed E-state index contributed by atoms with van der Waals surface area (Å²) in [4.78, 5) is 26.3. The quantitative estimate of drug-likeness (QED) is 0.914. The summed E-state index contributed by atoms with van der Waals surface area (Å²) in [5.41, 5.74) is 2.91. The Balaban J connectivity index is 1.76. The second-order valence-corrected chi connectivity index (χ2v) is 6.23. The molecule has 0 bridgehead atoms. The molecule has 0 spiro atoms. The van der Waals surface area contributed by atoms with Crippen molar-refractivity contribution in [3.05, 3.63) is 53.6 Å². The number of nitrogens with one attached hydrogen (secondary N) is 1. The minimum atomic E-state index is -0.750. The van der Waals surface area contributed by atoms with Crippen LogP contribution < -0.4 is 19.7 Å². The van der Waals surface area contributed by atoms with Crippen molar-refractivity contribution in [3.63, 3.8) is 0 Å². The molecule has 3 rings (SSSR count). The maximum Gasteiger partial charge on any atom is 0.265 e. The van der Waals surface area contributed by atoms with Crippen LogP contribution in [-0.2, 0) is 9.59 Å². The fraction of sp³-hybridized carbons (Fsp3) is 0.300. The van der Waals surface area contributed by atoms with E-state index in [-0.39, 0.29) is 25.0 Å². The van der Waals surface area contributed by atoms with Crippen molar-refractivity contribution in [1.29, 1.82) is 0 Å². The smallest absolute Gasteiger partial charge is 0.265 e. The number of aryl methyl sites for hydroxylation is 2. The molecule has 0 aliphatic carbocycles. The van der Waals surface area contributed by atoms with E-state index in [1.807, 2.05) is 38.1 Å². The highest BCUT2D eigenvalue weighted by Crippen LogP contribution is 2.33. The standard InChI is InChI=1S/C20H22N2O4/c1-13-8-9-15(10-14(13)2)25-12-19(23)22-11-18(20(24)21-3)26-17-7-5-4-6-16(17)22/h4-10,18H,11-12H2,1-3H3,(H,21,24). The number of rotatable bonds is 4. The second kappa shape index (κ2) is 7.47. The summed E-state index contributed by atoms with van der Waals surface area (Å²) >= 11 is 0. The van der Waals surface area contributed by atoms with Crippen LogP contribution in [0.3, 0.4) is 0 Å². The lowest BCUT2D eigenvalue weighted by Gasteiger charge is -2.33.